The number of rotatable bonds is 9. The summed E-state index contributed by atoms with van der Waals surface area (Å²) in [7, 11) is 4.13. The van der Waals surface area contributed by atoms with Crippen molar-refractivity contribution in [3.63, 3.8) is 0 Å². The molecule has 0 N–H and O–H groups in total. The van der Waals surface area contributed by atoms with Gasteiger partial charge in [-0.05, 0) is 66.3 Å². The van der Waals surface area contributed by atoms with Crippen LogP contribution in [0.25, 0.3) is 5.57 Å². The topological polar surface area (TPSA) is 61.8 Å². The quantitative estimate of drug-likeness (QED) is 0.422. The van der Waals surface area contributed by atoms with Crippen LogP contribution in [0.2, 0.25) is 0 Å². The van der Waals surface area contributed by atoms with Gasteiger partial charge >= 0.3 is 11.9 Å². The van der Waals surface area contributed by atoms with Gasteiger partial charge in [0, 0.05) is 18.1 Å². The molecule has 2 rings (SSSR count). The Morgan fingerprint density at radius 3 is 2.10 bits per heavy atom. The molecule has 166 valence electrons. The van der Waals surface area contributed by atoms with E-state index in [9.17, 15) is 18.4 Å². The van der Waals surface area contributed by atoms with E-state index >= 15 is 0 Å². The van der Waals surface area contributed by atoms with Crippen LogP contribution >= 0.6 is 0 Å². The monoisotopic (exact) mass is 432 g/mol. The molecule has 31 heavy (non-hydrogen) atoms. The summed E-state index contributed by atoms with van der Waals surface area (Å²) in [6.07, 6.45) is 3.03. The Balaban J connectivity index is 2.54. The van der Waals surface area contributed by atoms with Crippen LogP contribution in [0.4, 0.5) is 8.78 Å². The molecule has 0 aliphatic carbocycles. The highest BCUT2D eigenvalue weighted by molar-refractivity contribution is 5.82. The third kappa shape index (κ3) is 6.64. The highest BCUT2D eigenvalue weighted by atomic mass is 19.1. The predicted octanol–water partition coefficient (Wildman–Crippen LogP) is 4.77. The van der Waals surface area contributed by atoms with Gasteiger partial charge in [-0.25, -0.2) is 8.78 Å². The predicted molar refractivity (Wildman–Crippen MR) is 113 cm³/mol. The second-order valence-electron chi connectivity index (χ2n) is 6.98. The number of hydrogen-bond donors (Lipinski definition) is 0. The third-order valence-electron chi connectivity index (χ3n) is 4.76. The average Bonchev–Trinajstić information content (AvgIpc) is 2.72. The first-order valence-corrected chi connectivity index (χ1v) is 9.77. The number of hydrogen-bond acceptors (Lipinski definition) is 5. The van der Waals surface area contributed by atoms with Crippen molar-refractivity contribution in [2.24, 2.45) is 0 Å². The Labute approximate surface area is 180 Å². The molecule has 0 heterocycles. The summed E-state index contributed by atoms with van der Waals surface area (Å²) < 4.78 is 42.7. The summed E-state index contributed by atoms with van der Waals surface area (Å²) in [5, 5.41) is 0. The Bertz CT molecular complexity index is 962. The summed E-state index contributed by atoms with van der Waals surface area (Å²) in [4.78, 5) is 23.2. The summed E-state index contributed by atoms with van der Waals surface area (Å²) in [5.41, 5.74) is 2.96. The van der Waals surface area contributed by atoms with Gasteiger partial charge in [-0.15, -0.1) is 0 Å². The van der Waals surface area contributed by atoms with Crippen LogP contribution in [0.1, 0.15) is 41.5 Å². The largest absolute Gasteiger partial charge is 0.496 e. The molecule has 0 amide bonds. The van der Waals surface area contributed by atoms with Crippen LogP contribution in [-0.4, -0.2) is 33.3 Å². The van der Waals surface area contributed by atoms with E-state index in [-0.39, 0.29) is 18.8 Å². The smallest absolute Gasteiger partial charge is 0.310 e. The number of carbonyl (C=O) groups is 2. The van der Waals surface area contributed by atoms with Crippen molar-refractivity contribution in [1.29, 1.82) is 0 Å². The van der Waals surface area contributed by atoms with E-state index in [0.29, 0.717) is 40.9 Å². The van der Waals surface area contributed by atoms with Gasteiger partial charge in [0.15, 0.2) is 0 Å². The number of ether oxygens (including phenoxy) is 3. The molecule has 5 nitrogen and oxygen atoms in total. The molecular weight excluding hydrogens is 406 g/mol. The molecule has 0 aliphatic heterocycles. The number of allylic oxidation sites excluding steroid dienone is 1. The molecule has 2 aromatic carbocycles. The number of carbonyl (C=O) groups excluding carboxylic acids is 2. The van der Waals surface area contributed by atoms with Crippen LogP contribution in [0.3, 0.4) is 0 Å². The maximum Gasteiger partial charge on any atom is 0.310 e. The number of methoxy groups -OCH3 is 3. The second-order valence-corrected chi connectivity index (χ2v) is 6.98. The molecule has 2 aromatic rings. The lowest BCUT2D eigenvalue weighted by molar-refractivity contribution is -0.141. The fraction of sp³-hybridized carbons (Fsp3) is 0.333. The minimum Gasteiger partial charge on any atom is -0.496 e. The molecule has 0 atom stereocenters. The van der Waals surface area contributed by atoms with Gasteiger partial charge in [0.1, 0.15) is 17.4 Å². The van der Waals surface area contributed by atoms with E-state index < -0.39 is 17.6 Å². The van der Waals surface area contributed by atoms with Gasteiger partial charge in [-0.2, -0.15) is 0 Å². The Morgan fingerprint density at radius 1 is 0.903 bits per heavy atom. The van der Waals surface area contributed by atoms with Crippen molar-refractivity contribution < 1.29 is 32.6 Å². The van der Waals surface area contributed by atoms with Crippen LogP contribution in [0.5, 0.6) is 5.75 Å². The van der Waals surface area contributed by atoms with Gasteiger partial charge in [0.2, 0.25) is 0 Å². The first-order chi connectivity index (χ1) is 14.8. The zero-order valence-corrected chi connectivity index (χ0v) is 18.1. The highest BCUT2D eigenvalue weighted by Crippen LogP contribution is 2.33. The highest BCUT2D eigenvalue weighted by Gasteiger charge is 2.16. The Hall–Kier alpha value is -3.22. The fourth-order valence-electron chi connectivity index (χ4n) is 3.36. The van der Waals surface area contributed by atoms with Gasteiger partial charge in [0.25, 0.3) is 0 Å². The first kappa shape index (κ1) is 24.1. The SMILES string of the molecule is COC(=O)CCC/C=C(\c1cc(F)cc(F)c1)c1cc(C)c(OC)c(CC(=O)OC)c1. The molecule has 0 saturated heterocycles. The molecule has 0 fully saturated rings. The van der Waals surface area contributed by atoms with Crippen LogP contribution in [0, 0.1) is 18.6 Å². The summed E-state index contributed by atoms with van der Waals surface area (Å²) in [5.74, 6) is -1.61. The van der Waals surface area contributed by atoms with Crippen molar-refractivity contribution in [3.8, 4) is 5.75 Å². The van der Waals surface area contributed by atoms with E-state index in [2.05, 4.69) is 4.74 Å². The van der Waals surface area contributed by atoms with Gasteiger partial charge in [-0.3, -0.25) is 9.59 Å². The van der Waals surface area contributed by atoms with Gasteiger partial charge in [-0.1, -0.05) is 6.08 Å². The number of aryl methyl sites for hydroxylation is 1. The van der Waals surface area contributed by atoms with Gasteiger partial charge < -0.3 is 14.2 Å². The molecule has 7 heteroatoms. The van der Waals surface area contributed by atoms with Crippen molar-refractivity contribution >= 4 is 17.5 Å². The summed E-state index contributed by atoms with van der Waals surface area (Å²) in [6, 6.07) is 6.87. The van der Waals surface area contributed by atoms with Gasteiger partial charge in [0.05, 0.1) is 27.8 Å². The minimum atomic E-state index is -0.699. The molecule has 0 saturated carbocycles. The van der Waals surface area contributed by atoms with E-state index in [0.717, 1.165) is 11.6 Å². The average molecular weight is 432 g/mol. The second kappa shape index (κ2) is 11.2. The van der Waals surface area contributed by atoms with E-state index in [1.807, 2.05) is 19.1 Å². The first-order valence-electron chi connectivity index (χ1n) is 9.77. The molecular formula is C24H26F2O5. The summed E-state index contributed by atoms with van der Waals surface area (Å²) in [6.45, 7) is 1.82. The number of halogens is 2. The normalized spacial score (nSPS) is 11.2. The number of unbranched alkanes of at least 4 members (excludes halogenated alkanes) is 1. The van der Waals surface area contributed by atoms with E-state index in [1.54, 1.807) is 6.07 Å². The summed E-state index contributed by atoms with van der Waals surface area (Å²) >= 11 is 0. The van der Waals surface area contributed by atoms with E-state index in [4.69, 9.17) is 9.47 Å². The molecule has 0 spiro atoms. The molecule has 0 bridgehead atoms. The number of esters is 2. The lowest BCUT2D eigenvalue weighted by atomic mass is 9.92. The zero-order valence-electron chi connectivity index (χ0n) is 18.1. The Kier molecular flexibility index (Phi) is 8.73. The van der Waals surface area contributed by atoms with Crippen LogP contribution in [0.15, 0.2) is 36.4 Å². The maximum absolute atomic E-state index is 13.9. The van der Waals surface area contributed by atoms with E-state index in [1.165, 1.54) is 33.5 Å². The maximum atomic E-state index is 13.9. The molecule has 0 unspecified atom stereocenters. The standard InChI is InChI=1S/C24H26F2O5/c1-15-9-16(10-18(24(15)31-4)13-23(28)30-3)21(7-5-6-8-22(27)29-2)17-11-19(25)14-20(26)12-17/h7,9-12,14H,5-6,8,13H2,1-4H3/b21-7-. The van der Waals surface area contributed by atoms with Crippen molar-refractivity contribution in [2.45, 2.75) is 32.6 Å². The zero-order chi connectivity index (χ0) is 23.0. The van der Waals surface area contributed by atoms with Crippen LogP contribution in [-0.2, 0) is 25.5 Å². The van der Waals surface area contributed by atoms with Crippen molar-refractivity contribution in [2.75, 3.05) is 21.3 Å². The lowest BCUT2D eigenvalue weighted by Crippen LogP contribution is -2.07. The van der Waals surface area contributed by atoms with Crippen LogP contribution < -0.4 is 4.74 Å². The van der Waals surface area contributed by atoms with Crippen molar-refractivity contribution in [1.82, 2.24) is 0 Å². The third-order valence-corrected chi connectivity index (χ3v) is 4.76. The number of benzene rings is 2. The van der Waals surface area contributed by atoms with Crippen molar-refractivity contribution in [3.05, 3.63) is 70.3 Å². The fourth-order valence-corrected chi connectivity index (χ4v) is 3.36. The lowest BCUT2D eigenvalue weighted by Gasteiger charge is -2.16. The minimum absolute atomic E-state index is 0.0124. The molecule has 0 aromatic heterocycles. The Morgan fingerprint density at radius 2 is 1.52 bits per heavy atom. The molecule has 0 radical (unpaired) electrons. The molecule has 0 aliphatic rings.